The van der Waals surface area contributed by atoms with E-state index in [0.717, 1.165) is 22.7 Å². The SMILES string of the molecule is Cc1ncc(C(=O)NC2CC2)s1. The average molecular weight is 182 g/mol. The normalized spacial score (nSPS) is 16.1. The van der Waals surface area contributed by atoms with Gasteiger partial charge in [0, 0.05) is 6.04 Å². The molecule has 0 atom stereocenters. The summed E-state index contributed by atoms with van der Waals surface area (Å²) in [7, 11) is 0. The molecule has 0 unspecified atom stereocenters. The molecule has 1 saturated carbocycles. The summed E-state index contributed by atoms with van der Waals surface area (Å²) in [5, 5.41) is 3.86. The van der Waals surface area contributed by atoms with Crippen molar-refractivity contribution < 1.29 is 4.79 Å². The van der Waals surface area contributed by atoms with Gasteiger partial charge in [-0.2, -0.15) is 0 Å². The van der Waals surface area contributed by atoms with E-state index in [-0.39, 0.29) is 5.91 Å². The van der Waals surface area contributed by atoms with Gasteiger partial charge in [0.05, 0.1) is 11.2 Å². The summed E-state index contributed by atoms with van der Waals surface area (Å²) in [6.45, 7) is 1.90. The van der Waals surface area contributed by atoms with Crippen molar-refractivity contribution in [2.45, 2.75) is 25.8 Å². The zero-order valence-corrected chi connectivity index (χ0v) is 7.65. The molecule has 1 aromatic heterocycles. The number of aryl methyl sites for hydroxylation is 1. The molecule has 2 rings (SSSR count). The molecule has 1 aliphatic rings. The maximum Gasteiger partial charge on any atom is 0.263 e. The molecule has 0 aromatic carbocycles. The number of rotatable bonds is 2. The van der Waals surface area contributed by atoms with Gasteiger partial charge in [-0.15, -0.1) is 11.3 Å². The summed E-state index contributed by atoms with van der Waals surface area (Å²) in [4.78, 5) is 16.1. The van der Waals surface area contributed by atoms with Crippen molar-refractivity contribution in [2.75, 3.05) is 0 Å². The smallest absolute Gasteiger partial charge is 0.263 e. The van der Waals surface area contributed by atoms with Gasteiger partial charge in [-0.25, -0.2) is 4.98 Å². The van der Waals surface area contributed by atoms with Gasteiger partial charge in [-0.05, 0) is 19.8 Å². The van der Waals surface area contributed by atoms with E-state index in [1.54, 1.807) is 6.20 Å². The minimum absolute atomic E-state index is 0.0306. The van der Waals surface area contributed by atoms with Crippen molar-refractivity contribution in [2.24, 2.45) is 0 Å². The number of nitrogens with zero attached hydrogens (tertiary/aromatic N) is 1. The molecule has 0 aliphatic heterocycles. The summed E-state index contributed by atoms with van der Waals surface area (Å²) in [6, 6.07) is 0.430. The number of hydrogen-bond donors (Lipinski definition) is 1. The molecule has 3 nitrogen and oxygen atoms in total. The quantitative estimate of drug-likeness (QED) is 0.750. The molecule has 1 aliphatic carbocycles. The first kappa shape index (κ1) is 7.73. The third kappa shape index (κ3) is 1.64. The minimum Gasteiger partial charge on any atom is -0.349 e. The van der Waals surface area contributed by atoms with Crippen molar-refractivity contribution in [3.8, 4) is 0 Å². The van der Waals surface area contributed by atoms with E-state index in [2.05, 4.69) is 10.3 Å². The Hall–Kier alpha value is -0.900. The Labute approximate surface area is 74.8 Å². The van der Waals surface area contributed by atoms with Gasteiger partial charge in [0.25, 0.3) is 5.91 Å². The predicted molar refractivity (Wildman–Crippen MR) is 47.3 cm³/mol. The van der Waals surface area contributed by atoms with Gasteiger partial charge in [-0.3, -0.25) is 4.79 Å². The molecule has 1 heterocycles. The van der Waals surface area contributed by atoms with Crippen molar-refractivity contribution in [3.05, 3.63) is 16.1 Å². The molecule has 0 bridgehead atoms. The Kier molecular flexibility index (Phi) is 1.84. The Bertz CT molecular complexity index is 304. The van der Waals surface area contributed by atoms with Crippen LogP contribution >= 0.6 is 11.3 Å². The van der Waals surface area contributed by atoms with Crippen LogP contribution < -0.4 is 5.32 Å². The highest BCUT2D eigenvalue weighted by Gasteiger charge is 2.24. The standard InChI is InChI=1S/C8H10N2OS/c1-5-9-4-7(12-5)8(11)10-6-2-3-6/h4,6H,2-3H2,1H3,(H,10,11). The monoisotopic (exact) mass is 182 g/mol. The molecule has 0 saturated heterocycles. The first-order valence-corrected chi connectivity index (χ1v) is 4.80. The minimum atomic E-state index is 0.0306. The second-order valence-electron chi connectivity index (χ2n) is 2.99. The van der Waals surface area contributed by atoms with Crippen LogP contribution in [-0.2, 0) is 0 Å². The van der Waals surface area contributed by atoms with Gasteiger partial charge in [0.1, 0.15) is 4.88 Å². The molecular weight excluding hydrogens is 172 g/mol. The van der Waals surface area contributed by atoms with E-state index in [1.807, 2.05) is 6.92 Å². The van der Waals surface area contributed by atoms with E-state index in [9.17, 15) is 4.79 Å². The van der Waals surface area contributed by atoms with E-state index in [4.69, 9.17) is 0 Å². The third-order valence-corrected chi connectivity index (χ3v) is 2.67. The number of hydrogen-bond acceptors (Lipinski definition) is 3. The van der Waals surface area contributed by atoms with Crippen LogP contribution in [0.15, 0.2) is 6.20 Å². The number of carbonyl (C=O) groups is 1. The van der Waals surface area contributed by atoms with Gasteiger partial charge in [0.15, 0.2) is 0 Å². The topological polar surface area (TPSA) is 42.0 Å². The Morgan fingerprint density at radius 2 is 2.50 bits per heavy atom. The van der Waals surface area contributed by atoms with Crippen LogP contribution in [0.3, 0.4) is 0 Å². The van der Waals surface area contributed by atoms with E-state index < -0.39 is 0 Å². The lowest BCUT2D eigenvalue weighted by molar-refractivity contribution is 0.0955. The molecule has 0 radical (unpaired) electrons. The molecule has 1 fully saturated rings. The van der Waals surface area contributed by atoms with Crippen LogP contribution in [0.25, 0.3) is 0 Å². The lowest BCUT2D eigenvalue weighted by Crippen LogP contribution is -2.24. The van der Waals surface area contributed by atoms with Gasteiger partial charge >= 0.3 is 0 Å². The van der Waals surface area contributed by atoms with Crippen molar-refractivity contribution in [3.63, 3.8) is 0 Å². The second-order valence-corrected chi connectivity index (χ2v) is 4.23. The Morgan fingerprint density at radius 3 is 3.00 bits per heavy atom. The molecule has 1 amide bonds. The number of amides is 1. The predicted octanol–water partition coefficient (Wildman–Crippen LogP) is 1.34. The van der Waals surface area contributed by atoms with E-state index >= 15 is 0 Å². The number of aromatic nitrogens is 1. The van der Waals surface area contributed by atoms with Crippen LogP contribution in [0.5, 0.6) is 0 Å². The fraction of sp³-hybridized carbons (Fsp3) is 0.500. The second kappa shape index (κ2) is 2.86. The number of thiazole rings is 1. The highest BCUT2D eigenvalue weighted by atomic mass is 32.1. The first-order chi connectivity index (χ1) is 5.75. The zero-order chi connectivity index (χ0) is 8.55. The maximum atomic E-state index is 11.4. The number of carbonyl (C=O) groups excluding carboxylic acids is 1. The summed E-state index contributed by atoms with van der Waals surface area (Å²) in [5.41, 5.74) is 0. The summed E-state index contributed by atoms with van der Waals surface area (Å²) in [6.07, 6.45) is 3.89. The molecule has 12 heavy (non-hydrogen) atoms. The van der Waals surface area contributed by atoms with Crippen molar-refractivity contribution in [1.29, 1.82) is 0 Å². The van der Waals surface area contributed by atoms with Crippen LogP contribution in [0, 0.1) is 6.92 Å². The lowest BCUT2D eigenvalue weighted by atomic mass is 10.5. The summed E-state index contributed by atoms with van der Waals surface area (Å²) >= 11 is 1.44. The molecule has 1 N–H and O–H groups in total. The molecule has 4 heteroatoms. The fourth-order valence-electron chi connectivity index (χ4n) is 0.951. The maximum absolute atomic E-state index is 11.4. The van der Waals surface area contributed by atoms with Crippen LogP contribution in [0.1, 0.15) is 27.5 Å². The summed E-state index contributed by atoms with van der Waals surface area (Å²) in [5.74, 6) is 0.0306. The molecule has 0 spiro atoms. The molecular formula is C8H10N2OS. The largest absolute Gasteiger partial charge is 0.349 e. The fourth-order valence-corrected chi connectivity index (χ4v) is 1.63. The lowest BCUT2D eigenvalue weighted by Gasteiger charge is -1.97. The molecule has 64 valence electrons. The van der Waals surface area contributed by atoms with Gasteiger partial charge in [0.2, 0.25) is 0 Å². The highest BCUT2D eigenvalue weighted by molar-refractivity contribution is 7.13. The Balaban J connectivity index is 2.03. The van der Waals surface area contributed by atoms with E-state index in [0.29, 0.717) is 6.04 Å². The van der Waals surface area contributed by atoms with Crippen molar-refractivity contribution >= 4 is 17.2 Å². The van der Waals surface area contributed by atoms with Crippen LogP contribution in [0.2, 0.25) is 0 Å². The van der Waals surface area contributed by atoms with Gasteiger partial charge in [-0.1, -0.05) is 0 Å². The first-order valence-electron chi connectivity index (χ1n) is 3.99. The van der Waals surface area contributed by atoms with Gasteiger partial charge < -0.3 is 5.32 Å². The molecule has 1 aromatic rings. The average Bonchev–Trinajstić information content (AvgIpc) is 2.72. The summed E-state index contributed by atoms with van der Waals surface area (Å²) < 4.78 is 0. The van der Waals surface area contributed by atoms with Crippen LogP contribution in [0.4, 0.5) is 0 Å². The highest BCUT2D eigenvalue weighted by Crippen LogP contribution is 2.20. The van der Waals surface area contributed by atoms with Crippen molar-refractivity contribution in [1.82, 2.24) is 10.3 Å². The third-order valence-electron chi connectivity index (χ3n) is 1.76. The number of nitrogens with one attached hydrogen (secondary N) is 1. The zero-order valence-electron chi connectivity index (χ0n) is 6.83. The van der Waals surface area contributed by atoms with Crippen LogP contribution in [-0.4, -0.2) is 16.9 Å². The van der Waals surface area contributed by atoms with E-state index in [1.165, 1.54) is 11.3 Å². The Morgan fingerprint density at radius 1 is 1.75 bits per heavy atom.